The summed E-state index contributed by atoms with van der Waals surface area (Å²) in [6.07, 6.45) is 9.06. The van der Waals surface area contributed by atoms with Crippen LogP contribution in [-0.2, 0) is 9.59 Å². The Labute approximate surface area is 124 Å². The van der Waals surface area contributed by atoms with Crippen LogP contribution in [0.2, 0.25) is 0 Å². The summed E-state index contributed by atoms with van der Waals surface area (Å²) in [6, 6.07) is -0.190. The standard InChI is InChI=1S/C15H21N3O3/c1-3-4-8-15(16-17-15)9-7-13(19)18-10-5-6-12(18)11(2)14(20)21/h1,11-12H,4-10H2,2H3,(H,20,21). The third-order valence-corrected chi connectivity index (χ3v) is 4.38. The van der Waals surface area contributed by atoms with Gasteiger partial charge in [0.1, 0.15) is 0 Å². The van der Waals surface area contributed by atoms with Crippen molar-refractivity contribution in [1.29, 1.82) is 0 Å². The number of carboxylic acid groups (broad SMARTS) is 1. The summed E-state index contributed by atoms with van der Waals surface area (Å²) in [7, 11) is 0. The van der Waals surface area contributed by atoms with Crippen molar-refractivity contribution in [1.82, 2.24) is 4.90 Å². The highest BCUT2D eigenvalue weighted by Crippen LogP contribution is 2.38. The molecule has 1 fully saturated rings. The molecule has 0 spiro atoms. The van der Waals surface area contributed by atoms with Gasteiger partial charge in [-0.25, -0.2) is 0 Å². The van der Waals surface area contributed by atoms with Crippen molar-refractivity contribution in [3.05, 3.63) is 0 Å². The predicted octanol–water partition coefficient (Wildman–Crippen LogP) is 2.05. The lowest BCUT2D eigenvalue weighted by Gasteiger charge is -2.27. The zero-order valence-corrected chi connectivity index (χ0v) is 12.3. The molecule has 0 aliphatic carbocycles. The SMILES string of the molecule is C#CCCC1(CCC(=O)N2CCCC2C(C)C(=O)O)N=N1. The number of amides is 1. The fraction of sp³-hybridized carbons (Fsp3) is 0.733. The Bertz CT molecular complexity index is 489. The van der Waals surface area contributed by atoms with Gasteiger partial charge in [-0.05, 0) is 19.8 Å². The Morgan fingerprint density at radius 1 is 1.48 bits per heavy atom. The summed E-state index contributed by atoms with van der Waals surface area (Å²) in [5.74, 6) is 1.19. The molecule has 0 bridgehead atoms. The Morgan fingerprint density at radius 3 is 2.76 bits per heavy atom. The molecule has 2 atom stereocenters. The number of rotatable bonds is 7. The van der Waals surface area contributed by atoms with Crippen LogP contribution in [0.3, 0.4) is 0 Å². The summed E-state index contributed by atoms with van der Waals surface area (Å²) in [5.41, 5.74) is -0.449. The fourth-order valence-corrected chi connectivity index (χ4v) is 2.91. The van der Waals surface area contributed by atoms with E-state index < -0.39 is 17.6 Å². The molecule has 2 heterocycles. The van der Waals surface area contributed by atoms with Gasteiger partial charge in [-0.15, -0.1) is 12.3 Å². The summed E-state index contributed by atoms with van der Waals surface area (Å²) in [6.45, 7) is 2.31. The molecule has 2 rings (SSSR count). The molecule has 6 heteroatoms. The van der Waals surface area contributed by atoms with E-state index in [1.54, 1.807) is 11.8 Å². The van der Waals surface area contributed by atoms with Gasteiger partial charge in [0.15, 0.2) is 5.66 Å². The Morgan fingerprint density at radius 2 is 2.19 bits per heavy atom. The molecule has 114 valence electrons. The van der Waals surface area contributed by atoms with Crippen molar-refractivity contribution < 1.29 is 14.7 Å². The molecule has 2 aliphatic rings. The second-order valence-electron chi connectivity index (χ2n) is 5.81. The van der Waals surface area contributed by atoms with Gasteiger partial charge in [-0.3, -0.25) is 9.59 Å². The van der Waals surface area contributed by atoms with E-state index in [0.717, 1.165) is 12.8 Å². The largest absolute Gasteiger partial charge is 0.481 e. The van der Waals surface area contributed by atoms with Gasteiger partial charge in [0.05, 0.1) is 5.92 Å². The number of hydrogen-bond donors (Lipinski definition) is 1. The van der Waals surface area contributed by atoms with Crippen molar-refractivity contribution in [3.8, 4) is 12.3 Å². The molecule has 2 unspecified atom stereocenters. The molecule has 1 saturated heterocycles. The van der Waals surface area contributed by atoms with Gasteiger partial charge < -0.3 is 10.0 Å². The minimum atomic E-state index is -0.850. The molecule has 6 nitrogen and oxygen atoms in total. The number of terminal acetylenes is 1. The highest BCUT2D eigenvalue weighted by Gasteiger charge is 2.41. The summed E-state index contributed by atoms with van der Waals surface area (Å²) < 4.78 is 0. The van der Waals surface area contributed by atoms with E-state index in [4.69, 9.17) is 11.5 Å². The first-order chi connectivity index (χ1) is 9.99. The Balaban J connectivity index is 1.85. The number of carbonyl (C=O) groups is 2. The van der Waals surface area contributed by atoms with Crippen LogP contribution in [0.25, 0.3) is 0 Å². The minimum Gasteiger partial charge on any atom is -0.481 e. The first-order valence-electron chi connectivity index (χ1n) is 7.39. The normalized spacial score (nSPS) is 23.6. The van der Waals surface area contributed by atoms with Crippen LogP contribution in [0.1, 0.15) is 45.4 Å². The molecular weight excluding hydrogens is 270 g/mol. The van der Waals surface area contributed by atoms with E-state index in [9.17, 15) is 9.59 Å². The Kier molecular flexibility index (Phi) is 4.61. The highest BCUT2D eigenvalue weighted by atomic mass is 16.4. The zero-order valence-electron chi connectivity index (χ0n) is 12.3. The molecular formula is C15H21N3O3. The van der Waals surface area contributed by atoms with Crippen LogP contribution in [0.5, 0.6) is 0 Å². The molecule has 0 aromatic heterocycles. The van der Waals surface area contributed by atoms with Crippen molar-refractivity contribution in [3.63, 3.8) is 0 Å². The molecule has 0 aromatic rings. The fourth-order valence-electron chi connectivity index (χ4n) is 2.91. The third kappa shape index (κ3) is 3.60. The molecule has 1 N–H and O–H groups in total. The van der Waals surface area contributed by atoms with Crippen LogP contribution in [0.4, 0.5) is 0 Å². The lowest BCUT2D eigenvalue weighted by atomic mass is 9.98. The van der Waals surface area contributed by atoms with Crippen molar-refractivity contribution in [2.45, 2.75) is 57.2 Å². The second kappa shape index (κ2) is 6.25. The van der Waals surface area contributed by atoms with E-state index in [2.05, 4.69) is 16.1 Å². The number of carboxylic acids is 1. The minimum absolute atomic E-state index is 0.00276. The average molecular weight is 291 g/mol. The predicted molar refractivity (Wildman–Crippen MR) is 76.4 cm³/mol. The van der Waals surface area contributed by atoms with Gasteiger partial charge in [0.2, 0.25) is 5.91 Å². The number of hydrogen-bond acceptors (Lipinski definition) is 4. The van der Waals surface area contributed by atoms with Crippen LogP contribution < -0.4 is 0 Å². The molecule has 0 saturated carbocycles. The third-order valence-electron chi connectivity index (χ3n) is 4.38. The topological polar surface area (TPSA) is 82.3 Å². The maximum Gasteiger partial charge on any atom is 0.308 e. The highest BCUT2D eigenvalue weighted by molar-refractivity contribution is 5.78. The summed E-state index contributed by atoms with van der Waals surface area (Å²) >= 11 is 0. The smallest absolute Gasteiger partial charge is 0.308 e. The maximum atomic E-state index is 12.3. The van der Waals surface area contributed by atoms with E-state index in [1.807, 2.05) is 0 Å². The second-order valence-corrected chi connectivity index (χ2v) is 5.81. The van der Waals surface area contributed by atoms with Gasteiger partial charge in [0.25, 0.3) is 0 Å². The molecule has 1 amide bonds. The van der Waals surface area contributed by atoms with E-state index in [-0.39, 0.29) is 11.9 Å². The quantitative estimate of drug-likeness (QED) is 0.729. The van der Waals surface area contributed by atoms with Gasteiger partial charge in [-0.2, -0.15) is 10.2 Å². The number of aliphatic carboxylic acids is 1. The van der Waals surface area contributed by atoms with Crippen molar-refractivity contribution in [2.24, 2.45) is 16.1 Å². The van der Waals surface area contributed by atoms with Crippen LogP contribution in [0, 0.1) is 18.3 Å². The van der Waals surface area contributed by atoms with E-state index in [0.29, 0.717) is 32.2 Å². The molecule has 0 radical (unpaired) electrons. The number of nitrogens with zero attached hydrogens (tertiary/aromatic N) is 3. The molecule has 2 aliphatic heterocycles. The van der Waals surface area contributed by atoms with Crippen molar-refractivity contribution >= 4 is 11.9 Å². The zero-order chi connectivity index (χ0) is 15.5. The lowest BCUT2D eigenvalue weighted by molar-refractivity contribution is -0.145. The van der Waals surface area contributed by atoms with Crippen LogP contribution in [0.15, 0.2) is 10.2 Å². The monoisotopic (exact) mass is 291 g/mol. The molecule has 21 heavy (non-hydrogen) atoms. The average Bonchev–Trinajstić information content (AvgIpc) is 3.06. The van der Waals surface area contributed by atoms with Crippen LogP contribution in [-0.4, -0.2) is 40.1 Å². The van der Waals surface area contributed by atoms with Gasteiger partial charge in [-0.1, -0.05) is 0 Å². The van der Waals surface area contributed by atoms with E-state index >= 15 is 0 Å². The lowest BCUT2D eigenvalue weighted by Crippen LogP contribution is -2.42. The number of likely N-dealkylation sites (tertiary alicyclic amines) is 1. The van der Waals surface area contributed by atoms with E-state index in [1.165, 1.54) is 0 Å². The summed E-state index contributed by atoms with van der Waals surface area (Å²) in [4.78, 5) is 25.2. The van der Waals surface area contributed by atoms with Crippen molar-refractivity contribution in [2.75, 3.05) is 6.54 Å². The summed E-state index contributed by atoms with van der Waals surface area (Å²) in [5, 5.41) is 17.2. The number of carbonyl (C=O) groups excluding carboxylic acids is 1. The van der Waals surface area contributed by atoms with Crippen LogP contribution >= 0.6 is 0 Å². The molecule has 0 aromatic carbocycles. The first-order valence-corrected chi connectivity index (χ1v) is 7.39. The van der Waals surface area contributed by atoms with Gasteiger partial charge >= 0.3 is 5.97 Å². The maximum absolute atomic E-state index is 12.3. The Hall–Kier alpha value is -1.90. The van der Waals surface area contributed by atoms with Gasteiger partial charge in [0, 0.05) is 38.3 Å². The first kappa shape index (κ1) is 15.5.